The molecule has 13 heteroatoms. The second-order valence-electron chi connectivity index (χ2n) is 6.91. The van der Waals surface area contributed by atoms with Gasteiger partial charge in [0.1, 0.15) is 16.4 Å². The van der Waals surface area contributed by atoms with E-state index in [-0.39, 0.29) is 27.5 Å². The number of anilines is 1. The summed E-state index contributed by atoms with van der Waals surface area (Å²) in [7, 11) is 3.46. The zero-order valence-electron chi connectivity index (χ0n) is 18.8. The summed E-state index contributed by atoms with van der Waals surface area (Å²) in [6.07, 6.45) is -0.401. The molecule has 1 aromatic carbocycles. The van der Waals surface area contributed by atoms with E-state index in [1.54, 1.807) is 0 Å². The van der Waals surface area contributed by atoms with Crippen LogP contribution in [-0.2, 0) is 36.8 Å². The first-order chi connectivity index (χ1) is 16.3. The van der Waals surface area contributed by atoms with Crippen molar-refractivity contribution in [3.63, 3.8) is 0 Å². The third kappa shape index (κ3) is 5.43. The van der Waals surface area contributed by atoms with Crippen molar-refractivity contribution in [3.05, 3.63) is 45.8 Å². The van der Waals surface area contributed by atoms with Gasteiger partial charge in [-0.25, -0.2) is 9.59 Å². The fraction of sp³-hybridized carbons (Fsp3) is 0.286. The molecule has 0 aliphatic carbocycles. The SMILES string of the molecule is COC(=O)Cc1c(C(=O)OC)sc(NC(=O)Cn2nnc(-c3ccc(C)cc3)n2)c1C(=O)OC. The Morgan fingerprint density at radius 3 is 2.29 bits per heavy atom. The summed E-state index contributed by atoms with van der Waals surface area (Å²) in [5.74, 6) is -2.58. The molecule has 1 N–H and O–H groups in total. The second-order valence-corrected chi connectivity index (χ2v) is 7.93. The number of ether oxygens (including phenoxy) is 3. The number of hydrogen-bond donors (Lipinski definition) is 1. The number of aromatic nitrogens is 4. The van der Waals surface area contributed by atoms with E-state index >= 15 is 0 Å². The maximum absolute atomic E-state index is 12.7. The van der Waals surface area contributed by atoms with Gasteiger partial charge in [0.2, 0.25) is 11.7 Å². The van der Waals surface area contributed by atoms with Crippen LogP contribution in [0.15, 0.2) is 24.3 Å². The average Bonchev–Trinajstić information content (AvgIpc) is 3.43. The molecular formula is C21H21N5O7S. The monoisotopic (exact) mass is 487 g/mol. The molecule has 0 aliphatic rings. The fourth-order valence-electron chi connectivity index (χ4n) is 2.94. The van der Waals surface area contributed by atoms with Crippen LogP contribution < -0.4 is 5.32 Å². The molecule has 0 spiro atoms. The van der Waals surface area contributed by atoms with Crippen LogP contribution >= 0.6 is 11.3 Å². The predicted octanol–water partition coefficient (Wildman–Crippen LogP) is 1.64. The van der Waals surface area contributed by atoms with Crippen LogP contribution in [0.5, 0.6) is 0 Å². The first-order valence-electron chi connectivity index (χ1n) is 9.81. The highest BCUT2D eigenvalue weighted by Gasteiger charge is 2.30. The Balaban J connectivity index is 1.87. The highest BCUT2D eigenvalue weighted by Crippen LogP contribution is 2.35. The number of benzene rings is 1. The van der Waals surface area contributed by atoms with E-state index in [0.717, 1.165) is 41.5 Å². The quantitative estimate of drug-likeness (QED) is 0.367. The number of thiophene rings is 1. The Kier molecular flexibility index (Phi) is 7.68. The Labute approximate surface area is 197 Å². The van der Waals surface area contributed by atoms with Crippen LogP contribution in [0, 0.1) is 6.92 Å². The van der Waals surface area contributed by atoms with E-state index in [1.165, 1.54) is 7.11 Å². The standard InChI is InChI=1S/C21H21N5O7S/c1-11-5-7-12(8-6-11)18-23-25-26(24-18)10-14(27)22-19-16(20(29)32-3)13(9-15(28)31-2)17(34-19)21(30)33-4/h5-8H,9-10H2,1-4H3,(H,22,27). The smallest absolute Gasteiger partial charge is 0.348 e. The van der Waals surface area contributed by atoms with Gasteiger partial charge in [-0.3, -0.25) is 9.59 Å². The van der Waals surface area contributed by atoms with E-state index in [0.29, 0.717) is 5.82 Å². The predicted molar refractivity (Wildman–Crippen MR) is 119 cm³/mol. The molecule has 0 atom stereocenters. The van der Waals surface area contributed by atoms with Crippen molar-refractivity contribution in [1.82, 2.24) is 20.2 Å². The first-order valence-corrected chi connectivity index (χ1v) is 10.6. The number of aryl methyl sites for hydroxylation is 1. The lowest BCUT2D eigenvalue weighted by atomic mass is 10.1. The number of rotatable bonds is 8. The van der Waals surface area contributed by atoms with E-state index in [9.17, 15) is 19.2 Å². The van der Waals surface area contributed by atoms with E-state index in [1.807, 2.05) is 31.2 Å². The van der Waals surface area contributed by atoms with Crippen LogP contribution in [-0.4, -0.2) is 65.4 Å². The van der Waals surface area contributed by atoms with Gasteiger partial charge in [-0.05, 0) is 12.1 Å². The zero-order valence-corrected chi connectivity index (χ0v) is 19.6. The summed E-state index contributed by atoms with van der Waals surface area (Å²) in [6.45, 7) is 1.63. The van der Waals surface area contributed by atoms with Gasteiger partial charge in [0.15, 0.2) is 0 Å². The van der Waals surface area contributed by atoms with Gasteiger partial charge in [-0.1, -0.05) is 29.8 Å². The molecule has 34 heavy (non-hydrogen) atoms. The van der Waals surface area contributed by atoms with E-state index in [4.69, 9.17) is 9.47 Å². The van der Waals surface area contributed by atoms with Gasteiger partial charge < -0.3 is 19.5 Å². The molecule has 0 aliphatic heterocycles. The van der Waals surface area contributed by atoms with Crippen LogP contribution in [0.4, 0.5) is 5.00 Å². The number of carbonyl (C=O) groups is 4. The summed E-state index contributed by atoms with van der Waals surface area (Å²) in [5.41, 5.74) is 1.70. The van der Waals surface area contributed by atoms with Gasteiger partial charge >= 0.3 is 17.9 Å². The van der Waals surface area contributed by atoms with Gasteiger partial charge in [0, 0.05) is 11.1 Å². The fourth-order valence-corrected chi connectivity index (χ4v) is 4.08. The highest BCUT2D eigenvalue weighted by molar-refractivity contribution is 7.18. The Morgan fingerprint density at radius 2 is 1.68 bits per heavy atom. The molecule has 0 unspecified atom stereocenters. The normalized spacial score (nSPS) is 10.5. The minimum Gasteiger partial charge on any atom is -0.469 e. The number of amides is 1. The summed E-state index contributed by atoms with van der Waals surface area (Å²) in [5, 5.41) is 14.6. The molecule has 0 saturated heterocycles. The Bertz CT molecular complexity index is 1230. The minimum atomic E-state index is -0.846. The van der Waals surface area contributed by atoms with Gasteiger partial charge in [0.25, 0.3) is 0 Å². The molecule has 2 heterocycles. The maximum atomic E-state index is 12.7. The molecule has 0 bridgehead atoms. The largest absolute Gasteiger partial charge is 0.469 e. The van der Waals surface area contributed by atoms with Crippen molar-refractivity contribution >= 4 is 40.2 Å². The van der Waals surface area contributed by atoms with Crippen molar-refractivity contribution in [2.75, 3.05) is 26.6 Å². The topological polar surface area (TPSA) is 152 Å². The number of methoxy groups -OCH3 is 3. The van der Waals surface area contributed by atoms with Crippen molar-refractivity contribution in [2.45, 2.75) is 19.9 Å². The lowest BCUT2D eigenvalue weighted by Crippen LogP contribution is -2.21. The van der Waals surface area contributed by atoms with Crippen LogP contribution in [0.25, 0.3) is 11.4 Å². The molecule has 3 rings (SSSR count). The lowest BCUT2D eigenvalue weighted by molar-refractivity contribution is -0.139. The molecule has 2 aromatic heterocycles. The lowest BCUT2D eigenvalue weighted by Gasteiger charge is -2.07. The van der Waals surface area contributed by atoms with Crippen LogP contribution in [0.2, 0.25) is 0 Å². The highest BCUT2D eigenvalue weighted by atomic mass is 32.1. The van der Waals surface area contributed by atoms with Crippen LogP contribution in [0.1, 0.15) is 31.2 Å². The zero-order chi connectivity index (χ0) is 24.8. The Hall–Kier alpha value is -4.13. The summed E-state index contributed by atoms with van der Waals surface area (Å²) >= 11 is 0.776. The average molecular weight is 487 g/mol. The minimum absolute atomic E-state index is 0.00928. The first kappa shape index (κ1) is 24.5. The van der Waals surface area contributed by atoms with Crippen molar-refractivity contribution in [3.8, 4) is 11.4 Å². The molecule has 178 valence electrons. The summed E-state index contributed by atoms with van der Waals surface area (Å²) in [4.78, 5) is 50.3. The molecule has 1 amide bonds. The van der Waals surface area contributed by atoms with Gasteiger partial charge in [-0.2, -0.15) is 4.80 Å². The Morgan fingerprint density at radius 1 is 1.00 bits per heavy atom. The third-order valence-electron chi connectivity index (χ3n) is 4.62. The molecule has 0 fully saturated rings. The molecule has 12 nitrogen and oxygen atoms in total. The molecule has 0 saturated carbocycles. The van der Waals surface area contributed by atoms with Crippen LogP contribution in [0.3, 0.4) is 0 Å². The summed E-state index contributed by atoms with van der Waals surface area (Å²) < 4.78 is 14.2. The number of esters is 3. The van der Waals surface area contributed by atoms with E-state index in [2.05, 4.69) is 25.5 Å². The maximum Gasteiger partial charge on any atom is 0.348 e. The number of nitrogens with one attached hydrogen (secondary N) is 1. The second kappa shape index (κ2) is 10.7. The number of carbonyl (C=O) groups excluding carboxylic acids is 4. The third-order valence-corrected chi connectivity index (χ3v) is 5.74. The number of tetrazole rings is 1. The number of hydrogen-bond acceptors (Lipinski definition) is 11. The molecule has 0 radical (unpaired) electrons. The van der Waals surface area contributed by atoms with Crippen molar-refractivity contribution in [2.24, 2.45) is 0 Å². The number of nitrogens with zero attached hydrogens (tertiary/aromatic N) is 4. The summed E-state index contributed by atoms with van der Waals surface area (Å²) in [6, 6.07) is 7.47. The van der Waals surface area contributed by atoms with E-state index < -0.39 is 30.2 Å². The van der Waals surface area contributed by atoms with Crippen molar-refractivity contribution in [1.29, 1.82) is 0 Å². The van der Waals surface area contributed by atoms with Crippen molar-refractivity contribution < 1.29 is 33.4 Å². The molecular weight excluding hydrogens is 466 g/mol. The van der Waals surface area contributed by atoms with Gasteiger partial charge in [0.05, 0.1) is 33.3 Å². The molecule has 3 aromatic rings. The van der Waals surface area contributed by atoms with Gasteiger partial charge in [-0.15, -0.1) is 21.5 Å².